The van der Waals surface area contributed by atoms with Gasteiger partial charge in [0.05, 0.1) is 12.6 Å². The van der Waals surface area contributed by atoms with Gasteiger partial charge in [-0.3, -0.25) is 0 Å². The highest BCUT2D eigenvalue weighted by Gasteiger charge is 2.16. The molecule has 1 N–H and O–H groups in total. The molecule has 2 aromatic carbocycles. The van der Waals surface area contributed by atoms with Crippen molar-refractivity contribution in [3.63, 3.8) is 0 Å². The van der Waals surface area contributed by atoms with E-state index in [1.54, 1.807) is 11.9 Å². The van der Waals surface area contributed by atoms with Crippen LogP contribution in [-0.2, 0) is 0 Å². The van der Waals surface area contributed by atoms with Crippen molar-refractivity contribution < 1.29 is 9.53 Å². The van der Waals surface area contributed by atoms with E-state index in [2.05, 4.69) is 41.4 Å². The van der Waals surface area contributed by atoms with Gasteiger partial charge in [0.25, 0.3) is 0 Å². The van der Waals surface area contributed by atoms with Crippen molar-refractivity contribution in [1.82, 2.24) is 15.1 Å². The molecule has 0 spiro atoms. The zero-order valence-corrected chi connectivity index (χ0v) is 17.0. The van der Waals surface area contributed by atoms with Crippen LogP contribution in [0.5, 0.6) is 5.75 Å². The van der Waals surface area contributed by atoms with Gasteiger partial charge in [-0.1, -0.05) is 47.5 Å². The number of likely N-dealkylation sites (N-methyl/N-ethyl adjacent to an activating group) is 2. The summed E-state index contributed by atoms with van der Waals surface area (Å²) in [5.74, 6) is 0.821. The Bertz CT molecular complexity index is 711. The van der Waals surface area contributed by atoms with Crippen LogP contribution in [0.2, 0.25) is 0 Å². The second-order valence-electron chi connectivity index (χ2n) is 7.16. The number of nitrogens with one attached hydrogen (secondary N) is 1. The Morgan fingerprint density at radius 3 is 2.07 bits per heavy atom. The third-order valence-electron chi connectivity index (χ3n) is 4.60. The lowest BCUT2D eigenvalue weighted by Gasteiger charge is -2.26. The van der Waals surface area contributed by atoms with E-state index in [1.807, 2.05) is 45.3 Å². The number of hydrogen-bond acceptors (Lipinski definition) is 3. The molecule has 0 radical (unpaired) electrons. The number of amides is 2. The smallest absolute Gasteiger partial charge is 0.317 e. The van der Waals surface area contributed by atoms with Crippen molar-refractivity contribution in [2.45, 2.75) is 19.9 Å². The molecule has 1 unspecified atom stereocenters. The Balaban J connectivity index is 1.80. The third kappa shape index (κ3) is 6.61. The lowest BCUT2D eigenvalue weighted by atomic mass is 10.0. The van der Waals surface area contributed by atoms with Gasteiger partial charge in [-0.25, -0.2) is 4.79 Å². The summed E-state index contributed by atoms with van der Waals surface area (Å²) in [4.78, 5) is 16.1. The van der Waals surface area contributed by atoms with Crippen LogP contribution < -0.4 is 10.1 Å². The first-order valence-electron chi connectivity index (χ1n) is 9.28. The van der Waals surface area contributed by atoms with E-state index >= 15 is 0 Å². The standard InChI is InChI=1S/C22H31N3O2/c1-17-6-10-19(11-7-17)21(24(3)4)16-23-22(26)25(5)14-15-27-20-12-8-18(2)9-13-20/h6-13,21H,14-16H2,1-5H3,(H,23,26). The monoisotopic (exact) mass is 369 g/mol. The molecule has 0 aliphatic heterocycles. The molecule has 1 atom stereocenters. The van der Waals surface area contributed by atoms with E-state index < -0.39 is 0 Å². The summed E-state index contributed by atoms with van der Waals surface area (Å²) in [5, 5.41) is 3.02. The first-order chi connectivity index (χ1) is 12.9. The van der Waals surface area contributed by atoms with E-state index in [9.17, 15) is 4.79 Å². The number of benzene rings is 2. The van der Waals surface area contributed by atoms with Crippen LogP contribution in [0.25, 0.3) is 0 Å². The van der Waals surface area contributed by atoms with Crippen LogP contribution in [0.3, 0.4) is 0 Å². The topological polar surface area (TPSA) is 44.8 Å². The number of ether oxygens (including phenoxy) is 1. The molecule has 0 saturated carbocycles. The van der Waals surface area contributed by atoms with Gasteiger partial charge in [0.1, 0.15) is 12.4 Å². The highest BCUT2D eigenvalue weighted by Crippen LogP contribution is 2.18. The molecule has 0 saturated heterocycles. The average Bonchev–Trinajstić information content (AvgIpc) is 2.64. The molecule has 0 aliphatic carbocycles. The molecule has 0 aliphatic rings. The van der Waals surface area contributed by atoms with Crippen molar-refractivity contribution in [3.05, 3.63) is 65.2 Å². The second-order valence-corrected chi connectivity index (χ2v) is 7.16. The lowest BCUT2D eigenvalue weighted by Crippen LogP contribution is -2.42. The number of nitrogens with zero attached hydrogens (tertiary/aromatic N) is 2. The zero-order valence-electron chi connectivity index (χ0n) is 17.0. The fourth-order valence-electron chi connectivity index (χ4n) is 2.74. The minimum atomic E-state index is -0.0959. The summed E-state index contributed by atoms with van der Waals surface area (Å²) in [6.07, 6.45) is 0. The number of rotatable bonds is 8. The van der Waals surface area contributed by atoms with Crippen LogP contribution >= 0.6 is 0 Å². The maximum absolute atomic E-state index is 12.4. The summed E-state index contributed by atoms with van der Waals surface area (Å²) >= 11 is 0. The molecule has 27 heavy (non-hydrogen) atoms. The molecule has 0 bridgehead atoms. The number of urea groups is 1. The van der Waals surface area contributed by atoms with Gasteiger partial charge in [0, 0.05) is 13.6 Å². The van der Waals surface area contributed by atoms with Crippen LogP contribution in [0.4, 0.5) is 4.79 Å². The maximum atomic E-state index is 12.4. The first-order valence-corrected chi connectivity index (χ1v) is 9.28. The predicted octanol–water partition coefficient (Wildman–Crippen LogP) is 3.63. The molecule has 0 aromatic heterocycles. The molecule has 2 amide bonds. The summed E-state index contributed by atoms with van der Waals surface area (Å²) < 4.78 is 5.70. The molecule has 146 valence electrons. The van der Waals surface area contributed by atoms with E-state index in [0.29, 0.717) is 19.7 Å². The molecule has 2 rings (SSSR count). The second kappa shape index (κ2) is 9.97. The number of aryl methyl sites for hydroxylation is 2. The van der Waals surface area contributed by atoms with Gasteiger partial charge >= 0.3 is 6.03 Å². The maximum Gasteiger partial charge on any atom is 0.317 e. The van der Waals surface area contributed by atoms with E-state index in [-0.39, 0.29) is 12.1 Å². The van der Waals surface area contributed by atoms with Crippen molar-refractivity contribution >= 4 is 6.03 Å². The van der Waals surface area contributed by atoms with Gasteiger partial charge < -0.3 is 19.9 Å². The van der Waals surface area contributed by atoms with Crippen molar-refractivity contribution in [2.24, 2.45) is 0 Å². The van der Waals surface area contributed by atoms with Crippen LogP contribution in [0.1, 0.15) is 22.7 Å². The summed E-state index contributed by atoms with van der Waals surface area (Å²) in [6, 6.07) is 16.4. The van der Waals surface area contributed by atoms with Crippen molar-refractivity contribution in [2.75, 3.05) is 40.8 Å². The molecular formula is C22H31N3O2. The highest BCUT2D eigenvalue weighted by atomic mass is 16.5. The zero-order chi connectivity index (χ0) is 19.8. The number of hydrogen-bond donors (Lipinski definition) is 1. The Hall–Kier alpha value is -2.53. The summed E-state index contributed by atoms with van der Waals surface area (Å²) in [6.45, 7) is 5.65. The van der Waals surface area contributed by atoms with E-state index in [4.69, 9.17) is 4.74 Å². The van der Waals surface area contributed by atoms with Gasteiger partial charge in [-0.05, 0) is 45.6 Å². The molecule has 0 fully saturated rings. The van der Waals surface area contributed by atoms with Crippen molar-refractivity contribution in [3.8, 4) is 5.75 Å². The Morgan fingerprint density at radius 1 is 0.963 bits per heavy atom. The van der Waals surface area contributed by atoms with Gasteiger partial charge in [0.2, 0.25) is 0 Å². The highest BCUT2D eigenvalue weighted by molar-refractivity contribution is 5.73. The Labute approximate surface area is 162 Å². The van der Waals surface area contributed by atoms with E-state index in [0.717, 1.165) is 5.75 Å². The van der Waals surface area contributed by atoms with Crippen LogP contribution in [0, 0.1) is 13.8 Å². The molecule has 5 heteroatoms. The average molecular weight is 370 g/mol. The first kappa shape index (κ1) is 20.8. The minimum Gasteiger partial charge on any atom is -0.492 e. The molecule has 2 aromatic rings. The normalized spacial score (nSPS) is 11.9. The van der Waals surface area contributed by atoms with Crippen LogP contribution in [-0.4, -0.2) is 56.7 Å². The largest absolute Gasteiger partial charge is 0.492 e. The SMILES string of the molecule is Cc1ccc(OCCN(C)C(=O)NCC(c2ccc(C)cc2)N(C)C)cc1. The van der Waals surface area contributed by atoms with Crippen LogP contribution in [0.15, 0.2) is 48.5 Å². The lowest BCUT2D eigenvalue weighted by molar-refractivity contribution is 0.190. The minimum absolute atomic E-state index is 0.0959. The number of carbonyl (C=O) groups excluding carboxylic acids is 1. The quantitative estimate of drug-likeness (QED) is 0.773. The Morgan fingerprint density at radius 2 is 1.52 bits per heavy atom. The van der Waals surface area contributed by atoms with E-state index in [1.165, 1.54) is 16.7 Å². The Kier molecular flexibility index (Phi) is 7.67. The summed E-state index contributed by atoms with van der Waals surface area (Å²) in [7, 11) is 5.83. The molecule has 5 nitrogen and oxygen atoms in total. The fraction of sp³-hybridized carbons (Fsp3) is 0.409. The van der Waals surface area contributed by atoms with Crippen molar-refractivity contribution in [1.29, 1.82) is 0 Å². The predicted molar refractivity (Wildman–Crippen MR) is 110 cm³/mol. The van der Waals surface area contributed by atoms with Gasteiger partial charge in [-0.15, -0.1) is 0 Å². The molecule has 0 heterocycles. The third-order valence-corrected chi connectivity index (χ3v) is 4.60. The fourth-order valence-corrected chi connectivity index (χ4v) is 2.74. The summed E-state index contributed by atoms with van der Waals surface area (Å²) in [5.41, 5.74) is 3.62. The molecular weight excluding hydrogens is 338 g/mol. The van der Waals surface area contributed by atoms with Gasteiger partial charge in [-0.2, -0.15) is 0 Å². The number of carbonyl (C=O) groups is 1. The van der Waals surface area contributed by atoms with Gasteiger partial charge in [0.15, 0.2) is 0 Å².